The van der Waals surface area contributed by atoms with E-state index < -0.39 is 11.1 Å². The largest absolute Gasteiger partial charge is 0.357 e. The van der Waals surface area contributed by atoms with Crippen LogP contribution >= 0.6 is 0 Å². The monoisotopic (exact) mass is 241 g/mol. The van der Waals surface area contributed by atoms with Crippen LogP contribution in [0.3, 0.4) is 0 Å². The average molecular weight is 241 g/mol. The highest BCUT2D eigenvalue weighted by atomic mass is 16.2. The first-order chi connectivity index (χ1) is 7.65. The SMILES string of the molecule is CNC(=O)C(C)(C)N1C[C@@](C)(NC(C)=O)C1=O. The molecule has 17 heavy (non-hydrogen) atoms. The zero-order chi connectivity index (χ0) is 13.4. The molecule has 96 valence electrons. The first kappa shape index (κ1) is 13.5. The van der Waals surface area contributed by atoms with Gasteiger partial charge in [0.25, 0.3) is 5.91 Å². The van der Waals surface area contributed by atoms with Gasteiger partial charge in [0.1, 0.15) is 11.1 Å². The fourth-order valence-electron chi connectivity index (χ4n) is 2.02. The quantitative estimate of drug-likeness (QED) is 0.638. The highest BCUT2D eigenvalue weighted by Crippen LogP contribution is 2.30. The van der Waals surface area contributed by atoms with E-state index in [0.717, 1.165) is 0 Å². The number of rotatable bonds is 3. The maximum Gasteiger partial charge on any atom is 0.250 e. The summed E-state index contributed by atoms with van der Waals surface area (Å²) >= 11 is 0. The van der Waals surface area contributed by atoms with Crippen molar-refractivity contribution in [1.29, 1.82) is 0 Å². The standard InChI is InChI=1S/C11H19N3O3/c1-7(15)13-11(4)6-14(9(11)17)10(2,3)8(16)12-5/h6H2,1-5H3,(H,12,16)(H,13,15)/t11-/m1/s1. The molecule has 6 heteroatoms. The lowest BCUT2D eigenvalue weighted by molar-refractivity contribution is -0.167. The Hall–Kier alpha value is -1.59. The van der Waals surface area contributed by atoms with Gasteiger partial charge in [-0.15, -0.1) is 0 Å². The van der Waals surface area contributed by atoms with Crippen molar-refractivity contribution in [1.82, 2.24) is 15.5 Å². The molecule has 3 amide bonds. The third-order valence-corrected chi connectivity index (χ3v) is 3.10. The van der Waals surface area contributed by atoms with E-state index in [2.05, 4.69) is 10.6 Å². The van der Waals surface area contributed by atoms with E-state index in [0.29, 0.717) is 6.54 Å². The molecule has 0 aromatic heterocycles. The fraction of sp³-hybridized carbons (Fsp3) is 0.727. The zero-order valence-corrected chi connectivity index (χ0v) is 10.9. The normalized spacial score (nSPS) is 24.1. The first-order valence-corrected chi connectivity index (χ1v) is 5.48. The van der Waals surface area contributed by atoms with Gasteiger partial charge in [-0.2, -0.15) is 0 Å². The minimum atomic E-state index is -0.899. The molecule has 0 aromatic carbocycles. The van der Waals surface area contributed by atoms with Crippen LogP contribution in [-0.2, 0) is 14.4 Å². The van der Waals surface area contributed by atoms with Crippen LogP contribution in [0.25, 0.3) is 0 Å². The number of carbonyl (C=O) groups excluding carboxylic acids is 3. The van der Waals surface area contributed by atoms with Crippen molar-refractivity contribution >= 4 is 17.7 Å². The van der Waals surface area contributed by atoms with E-state index in [9.17, 15) is 14.4 Å². The second-order valence-corrected chi connectivity index (χ2v) is 5.04. The van der Waals surface area contributed by atoms with Gasteiger partial charge < -0.3 is 15.5 Å². The number of β-lactam (4-membered cyclic amide) rings is 1. The van der Waals surface area contributed by atoms with Crippen molar-refractivity contribution in [3.63, 3.8) is 0 Å². The molecule has 1 heterocycles. The molecule has 1 aliphatic heterocycles. The van der Waals surface area contributed by atoms with Gasteiger partial charge in [-0.3, -0.25) is 14.4 Å². The van der Waals surface area contributed by atoms with Gasteiger partial charge in [0.2, 0.25) is 11.8 Å². The van der Waals surface area contributed by atoms with Crippen molar-refractivity contribution < 1.29 is 14.4 Å². The highest BCUT2D eigenvalue weighted by molar-refractivity contribution is 6.00. The van der Waals surface area contributed by atoms with E-state index in [4.69, 9.17) is 0 Å². The Morgan fingerprint density at radius 1 is 1.41 bits per heavy atom. The Morgan fingerprint density at radius 2 is 1.94 bits per heavy atom. The molecule has 0 aromatic rings. The molecular weight excluding hydrogens is 222 g/mol. The van der Waals surface area contributed by atoms with Crippen LogP contribution in [0.4, 0.5) is 0 Å². The molecule has 1 fully saturated rings. The number of amides is 3. The van der Waals surface area contributed by atoms with Gasteiger partial charge in [-0.25, -0.2) is 0 Å². The van der Waals surface area contributed by atoms with Crippen molar-refractivity contribution in [3.05, 3.63) is 0 Å². The zero-order valence-electron chi connectivity index (χ0n) is 10.9. The van der Waals surface area contributed by atoms with Gasteiger partial charge in [0.05, 0.1) is 6.54 Å². The Bertz CT molecular complexity index is 378. The fourth-order valence-corrected chi connectivity index (χ4v) is 2.02. The van der Waals surface area contributed by atoms with E-state index in [1.165, 1.54) is 18.9 Å². The van der Waals surface area contributed by atoms with Gasteiger partial charge in [0.15, 0.2) is 0 Å². The minimum absolute atomic E-state index is 0.226. The summed E-state index contributed by atoms with van der Waals surface area (Å²) in [6.45, 7) is 6.72. The third-order valence-electron chi connectivity index (χ3n) is 3.10. The summed E-state index contributed by atoms with van der Waals surface area (Å²) in [4.78, 5) is 36.1. The summed E-state index contributed by atoms with van der Waals surface area (Å²) in [5.74, 6) is -0.713. The Labute approximate surface area is 101 Å². The van der Waals surface area contributed by atoms with E-state index in [-0.39, 0.29) is 17.7 Å². The number of carbonyl (C=O) groups is 3. The molecule has 2 N–H and O–H groups in total. The molecule has 1 aliphatic rings. The van der Waals surface area contributed by atoms with E-state index >= 15 is 0 Å². The third kappa shape index (κ3) is 2.11. The molecule has 0 aliphatic carbocycles. The van der Waals surface area contributed by atoms with Crippen LogP contribution in [0.1, 0.15) is 27.7 Å². The molecule has 0 bridgehead atoms. The second kappa shape index (κ2) is 4.01. The van der Waals surface area contributed by atoms with Crippen LogP contribution in [0.5, 0.6) is 0 Å². The molecular formula is C11H19N3O3. The summed E-state index contributed by atoms with van der Waals surface area (Å²) in [6, 6.07) is 0. The lowest BCUT2D eigenvalue weighted by atomic mass is 9.84. The molecule has 0 spiro atoms. The Balaban J connectivity index is 2.79. The lowest BCUT2D eigenvalue weighted by Crippen LogP contribution is -2.78. The summed E-state index contributed by atoms with van der Waals surface area (Å²) < 4.78 is 0. The van der Waals surface area contributed by atoms with Gasteiger partial charge in [-0.1, -0.05) is 0 Å². The number of hydrogen-bond donors (Lipinski definition) is 2. The van der Waals surface area contributed by atoms with Crippen molar-refractivity contribution in [2.45, 2.75) is 38.8 Å². The number of hydrogen-bond acceptors (Lipinski definition) is 3. The van der Waals surface area contributed by atoms with Gasteiger partial charge >= 0.3 is 0 Å². The summed E-state index contributed by atoms with van der Waals surface area (Å²) in [5.41, 5.74) is -1.78. The van der Waals surface area contributed by atoms with Crippen LogP contribution in [0, 0.1) is 0 Å². The summed E-state index contributed by atoms with van der Waals surface area (Å²) in [5, 5.41) is 5.13. The van der Waals surface area contributed by atoms with Crippen molar-refractivity contribution in [2.75, 3.05) is 13.6 Å². The molecule has 0 saturated carbocycles. The van der Waals surface area contributed by atoms with Gasteiger partial charge in [-0.05, 0) is 20.8 Å². The molecule has 0 radical (unpaired) electrons. The van der Waals surface area contributed by atoms with Crippen LogP contribution in [0.15, 0.2) is 0 Å². The van der Waals surface area contributed by atoms with Crippen LogP contribution < -0.4 is 10.6 Å². The predicted molar refractivity (Wildman–Crippen MR) is 62.1 cm³/mol. The molecule has 0 unspecified atom stereocenters. The maximum atomic E-state index is 12.0. The maximum absolute atomic E-state index is 12.0. The number of nitrogens with one attached hydrogen (secondary N) is 2. The van der Waals surface area contributed by atoms with Crippen LogP contribution in [-0.4, -0.2) is 47.3 Å². The van der Waals surface area contributed by atoms with E-state index in [1.54, 1.807) is 20.8 Å². The minimum Gasteiger partial charge on any atom is -0.357 e. The molecule has 1 saturated heterocycles. The second-order valence-electron chi connectivity index (χ2n) is 5.04. The predicted octanol–water partition coefficient (Wildman–Crippen LogP) is -0.752. The number of likely N-dealkylation sites (N-methyl/N-ethyl adjacent to an activating group) is 1. The molecule has 1 atom stereocenters. The van der Waals surface area contributed by atoms with Crippen molar-refractivity contribution in [2.24, 2.45) is 0 Å². The first-order valence-electron chi connectivity index (χ1n) is 5.48. The smallest absolute Gasteiger partial charge is 0.250 e. The van der Waals surface area contributed by atoms with Crippen LogP contribution in [0.2, 0.25) is 0 Å². The summed E-state index contributed by atoms with van der Waals surface area (Å²) in [7, 11) is 1.53. The lowest BCUT2D eigenvalue weighted by Gasteiger charge is -2.52. The number of nitrogens with zero attached hydrogens (tertiary/aromatic N) is 1. The topological polar surface area (TPSA) is 78.5 Å². The Morgan fingerprint density at radius 3 is 2.29 bits per heavy atom. The van der Waals surface area contributed by atoms with E-state index in [1.807, 2.05) is 0 Å². The average Bonchev–Trinajstić information content (AvgIpc) is 2.23. The number of likely N-dealkylation sites (tertiary alicyclic amines) is 1. The van der Waals surface area contributed by atoms with Crippen molar-refractivity contribution in [3.8, 4) is 0 Å². The highest BCUT2D eigenvalue weighted by Gasteiger charge is 2.55. The Kier molecular flexibility index (Phi) is 3.18. The van der Waals surface area contributed by atoms with Gasteiger partial charge in [0, 0.05) is 14.0 Å². The molecule has 1 rings (SSSR count). The summed E-state index contributed by atoms with van der Waals surface area (Å²) in [6.07, 6.45) is 0. The molecule has 6 nitrogen and oxygen atoms in total.